The van der Waals surface area contributed by atoms with E-state index < -0.39 is 6.10 Å². The van der Waals surface area contributed by atoms with E-state index in [0.717, 1.165) is 12.8 Å². The molecule has 1 saturated heterocycles. The van der Waals surface area contributed by atoms with E-state index in [1.54, 1.807) is 6.92 Å². The lowest BCUT2D eigenvalue weighted by Crippen LogP contribution is -2.46. The highest BCUT2D eigenvalue weighted by molar-refractivity contribution is 5.77. The number of nitrogens with zero attached hydrogens (tertiary/aromatic N) is 1. The summed E-state index contributed by atoms with van der Waals surface area (Å²) in [5.41, 5.74) is 0. The highest BCUT2D eigenvalue weighted by Crippen LogP contribution is 2.12. The van der Waals surface area contributed by atoms with Crippen molar-refractivity contribution in [3.05, 3.63) is 0 Å². The van der Waals surface area contributed by atoms with Crippen molar-refractivity contribution < 1.29 is 14.7 Å². The summed E-state index contributed by atoms with van der Waals surface area (Å²) in [6.45, 7) is 4.93. The van der Waals surface area contributed by atoms with Crippen molar-refractivity contribution in [2.75, 3.05) is 13.1 Å². The average molecular weight is 256 g/mol. The number of hydrogen-bond donors (Lipinski definition) is 2. The molecule has 1 aliphatic rings. The number of carbonyl (C=O) groups is 2. The Kier molecular flexibility index (Phi) is 6.12. The van der Waals surface area contributed by atoms with Crippen LogP contribution in [-0.4, -0.2) is 47.1 Å². The summed E-state index contributed by atoms with van der Waals surface area (Å²) in [5, 5.41) is 12.1. The van der Waals surface area contributed by atoms with Gasteiger partial charge in [-0.15, -0.1) is 0 Å². The maximum Gasteiger partial charge on any atom is 0.222 e. The molecule has 5 nitrogen and oxygen atoms in total. The van der Waals surface area contributed by atoms with E-state index in [-0.39, 0.29) is 17.9 Å². The Hall–Kier alpha value is -1.10. The van der Waals surface area contributed by atoms with Gasteiger partial charge in [0.25, 0.3) is 0 Å². The number of amides is 2. The SMILES string of the molecule is CCC(=O)NC1CCN(C(=O)CCC(C)O)CC1. The zero-order valence-corrected chi connectivity index (χ0v) is 11.3. The minimum atomic E-state index is -0.421. The maximum atomic E-state index is 11.8. The fraction of sp³-hybridized carbons (Fsp3) is 0.846. The van der Waals surface area contributed by atoms with Crippen molar-refractivity contribution >= 4 is 11.8 Å². The molecule has 0 saturated carbocycles. The zero-order valence-electron chi connectivity index (χ0n) is 11.3. The minimum absolute atomic E-state index is 0.0777. The second-order valence-corrected chi connectivity index (χ2v) is 4.96. The van der Waals surface area contributed by atoms with Crippen LogP contribution in [0, 0.1) is 0 Å². The van der Waals surface area contributed by atoms with E-state index in [4.69, 9.17) is 5.11 Å². The standard InChI is InChI=1S/C13H24N2O3/c1-3-12(17)14-11-6-8-15(9-7-11)13(18)5-4-10(2)16/h10-11,16H,3-9H2,1-2H3,(H,14,17). The van der Waals surface area contributed by atoms with Gasteiger partial charge in [-0.05, 0) is 26.2 Å². The minimum Gasteiger partial charge on any atom is -0.393 e. The number of carbonyl (C=O) groups excluding carboxylic acids is 2. The summed E-state index contributed by atoms with van der Waals surface area (Å²) in [5.74, 6) is 0.185. The number of likely N-dealkylation sites (tertiary alicyclic amines) is 1. The number of nitrogens with one attached hydrogen (secondary N) is 1. The van der Waals surface area contributed by atoms with E-state index in [0.29, 0.717) is 32.4 Å². The molecule has 0 bridgehead atoms. The lowest BCUT2D eigenvalue weighted by atomic mass is 10.0. The third-order valence-electron chi connectivity index (χ3n) is 3.31. The predicted octanol–water partition coefficient (Wildman–Crippen LogP) is 0.665. The lowest BCUT2D eigenvalue weighted by molar-refractivity contribution is -0.133. The molecule has 1 rings (SSSR count). The molecule has 1 unspecified atom stereocenters. The van der Waals surface area contributed by atoms with Crippen LogP contribution in [0.15, 0.2) is 0 Å². The fourth-order valence-corrected chi connectivity index (χ4v) is 2.09. The van der Waals surface area contributed by atoms with Crippen molar-refractivity contribution in [1.82, 2.24) is 10.2 Å². The molecule has 5 heteroatoms. The van der Waals surface area contributed by atoms with Gasteiger partial charge in [-0.25, -0.2) is 0 Å². The molecule has 0 radical (unpaired) electrons. The van der Waals surface area contributed by atoms with Crippen LogP contribution >= 0.6 is 0 Å². The summed E-state index contributed by atoms with van der Waals surface area (Å²) >= 11 is 0. The first-order chi connectivity index (χ1) is 8.52. The van der Waals surface area contributed by atoms with E-state index in [1.165, 1.54) is 0 Å². The van der Waals surface area contributed by atoms with Gasteiger partial charge < -0.3 is 15.3 Å². The average Bonchev–Trinajstić information content (AvgIpc) is 2.36. The third-order valence-corrected chi connectivity index (χ3v) is 3.31. The first-order valence-corrected chi connectivity index (χ1v) is 6.78. The maximum absolute atomic E-state index is 11.8. The number of aliphatic hydroxyl groups excluding tert-OH is 1. The predicted molar refractivity (Wildman–Crippen MR) is 69.0 cm³/mol. The Balaban J connectivity index is 2.26. The van der Waals surface area contributed by atoms with Crippen LogP contribution in [0.1, 0.15) is 46.0 Å². The second-order valence-electron chi connectivity index (χ2n) is 4.96. The second kappa shape index (κ2) is 7.36. The van der Waals surface area contributed by atoms with Crippen LogP contribution in [0.4, 0.5) is 0 Å². The summed E-state index contributed by atoms with van der Waals surface area (Å²) < 4.78 is 0. The number of hydrogen-bond acceptors (Lipinski definition) is 3. The van der Waals surface area contributed by atoms with Gasteiger partial charge in [-0.2, -0.15) is 0 Å². The molecule has 2 N–H and O–H groups in total. The van der Waals surface area contributed by atoms with Gasteiger partial charge in [0.05, 0.1) is 6.10 Å². The van der Waals surface area contributed by atoms with Gasteiger partial charge in [-0.1, -0.05) is 6.92 Å². The molecule has 1 fully saturated rings. The van der Waals surface area contributed by atoms with Gasteiger partial charge >= 0.3 is 0 Å². The highest BCUT2D eigenvalue weighted by Gasteiger charge is 2.23. The zero-order chi connectivity index (χ0) is 13.5. The van der Waals surface area contributed by atoms with Crippen LogP contribution in [0.2, 0.25) is 0 Å². The quantitative estimate of drug-likeness (QED) is 0.759. The largest absolute Gasteiger partial charge is 0.393 e. The van der Waals surface area contributed by atoms with Crippen LogP contribution in [-0.2, 0) is 9.59 Å². The summed E-state index contributed by atoms with van der Waals surface area (Å²) in [6.07, 6.45) is 2.66. The van der Waals surface area contributed by atoms with Crippen LogP contribution in [0.3, 0.4) is 0 Å². The summed E-state index contributed by atoms with van der Waals surface area (Å²) in [6, 6.07) is 0.207. The molecule has 0 aromatic rings. The Labute approximate surface area is 109 Å². The molecule has 0 aliphatic carbocycles. The molecule has 104 valence electrons. The van der Waals surface area contributed by atoms with Gasteiger partial charge in [-0.3, -0.25) is 9.59 Å². The lowest BCUT2D eigenvalue weighted by Gasteiger charge is -2.32. The van der Waals surface area contributed by atoms with Gasteiger partial charge in [0.1, 0.15) is 0 Å². The van der Waals surface area contributed by atoms with Gasteiger partial charge in [0.15, 0.2) is 0 Å². The first-order valence-electron chi connectivity index (χ1n) is 6.78. The molecule has 2 amide bonds. The highest BCUT2D eigenvalue weighted by atomic mass is 16.3. The molecule has 1 atom stereocenters. The topological polar surface area (TPSA) is 69.6 Å². The van der Waals surface area contributed by atoms with E-state index in [1.807, 2.05) is 11.8 Å². The molecule has 1 aliphatic heterocycles. The molecule has 0 aromatic heterocycles. The van der Waals surface area contributed by atoms with Crippen LogP contribution in [0.25, 0.3) is 0 Å². The Bertz CT molecular complexity index is 284. The van der Waals surface area contributed by atoms with Crippen molar-refractivity contribution in [2.45, 2.75) is 58.1 Å². The van der Waals surface area contributed by atoms with E-state index >= 15 is 0 Å². The third kappa shape index (κ3) is 5.04. The van der Waals surface area contributed by atoms with E-state index in [9.17, 15) is 9.59 Å². The Morgan fingerprint density at radius 1 is 1.39 bits per heavy atom. The molecule has 0 aromatic carbocycles. The molecule has 0 spiro atoms. The Morgan fingerprint density at radius 2 is 2.00 bits per heavy atom. The van der Waals surface area contributed by atoms with Crippen LogP contribution < -0.4 is 5.32 Å². The molecular formula is C13H24N2O3. The van der Waals surface area contributed by atoms with Gasteiger partial charge in [0.2, 0.25) is 11.8 Å². The first kappa shape index (κ1) is 15.0. The van der Waals surface area contributed by atoms with Gasteiger partial charge in [0, 0.05) is 32.0 Å². The summed E-state index contributed by atoms with van der Waals surface area (Å²) in [4.78, 5) is 24.9. The molecule has 1 heterocycles. The normalized spacial score (nSPS) is 18.5. The van der Waals surface area contributed by atoms with E-state index in [2.05, 4.69) is 5.32 Å². The fourth-order valence-electron chi connectivity index (χ4n) is 2.09. The van der Waals surface area contributed by atoms with Crippen LogP contribution in [0.5, 0.6) is 0 Å². The molecular weight excluding hydrogens is 232 g/mol. The van der Waals surface area contributed by atoms with Crippen molar-refractivity contribution in [2.24, 2.45) is 0 Å². The van der Waals surface area contributed by atoms with Crippen molar-refractivity contribution in [3.8, 4) is 0 Å². The van der Waals surface area contributed by atoms with Crippen molar-refractivity contribution in [1.29, 1.82) is 0 Å². The molecule has 18 heavy (non-hydrogen) atoms. The number of piperidine rings is 1. The monoisotopic (exact) mass is 256 g/mol. The number of rotatable bonds is 5. The Morgan fingerprint density at radius 3 is 2.50 bits per heavy atom. The smallest absolute Gasteiger partial charge is 0.222 e. The summed E-state index contributed by atoms with van der Waals surface area (Å²) in [7, 11) is 0. The number of aliphatic hydroxyl groups is 1. The van der Waals surface area contributed by atoms with Crippen molar-refractivity contribution in [3.63, 3.8) is 0 Å².